The third-order valence-corrected chi connectivity index (χ3v) is 7.95. The van der Waals surface area contributed by atoms with Crippen LogP contribution in [0.15, 0.2) is 59.5 Å². The van der Waals surface area contributed by atoms with Gasteiger partial charge < -0.3 is 25.0 Å². The van der Waals surface area contributed by atoms with Crippen LogP contribution < -0.4 is 15.1 Å². The summed E-state index contributed by atoms with van der Waals surface area (Å²) in [5.41, 5.74) is 6.27. The average Bonchev–Trinajstić information content (AvgIpc) is 3.37. The molecule has 0 unspecified atom stereocenters. The number of fused-ring (bicyclic) bond motifs is 1. The number of piperidine rings is 1. The largest absolute Gasteiger partial charge is 0.379 e. The molecule has 2 aliphatic rings. The number of hydrogen-bond donors (Lipinski definition) is 2. The van der Waals surface area contributed by atoms with Crippen molar-refractivity contribution >= 4 is 44.2 Å². The molecular weight excluding hydrogens is 516 g/mol. The fourth-order valence-electron chi connectivity index (χ4n) is 5.17. The maximum Gasteiger partial charge on any atom is 0.159 e. The van der Waals surface area contributed by atoms with Crippen LogP contribution in [-0.2, 0) is 0 Å². The maximum atomic E-state index is 4.96. The number of piperazine rings is 1. The average molecular weight is 548 g/mol. The molecule has 1 aromatic carbocycles. The smallest absolute Gasteiger partial charge is 0.159 e. The van der Waals surface area contributed by atoms with Crippen LogP contribution in [-0.4, -0.2) is 77.2 Å². The van der Waals surface area contributed by atoms with E-state index in [1.54, 1.807) is 0 Å². The first-order valence-corrected chi connectivity index (χ1v) is 13.4. The molecule has 3 aromatic heterocycles. The van der Waals surface area contributed by atoms with Gasteiger partial charge in [-0.05, 0) is 85.3 Å². The minimum Gasteiger partial charge on any atom is -0.379 e. The van der Waals surface area contributed by atoms with Gasteiger partial charge in [0.1, 0.15) is 11.3 Å². The Bertz CT molecular complexity index is 1310. The number of nitrogens with zero attached hydrogens (tertiary/aromatic N) is 6. The van der Waals surface area contributed by atoms with Crippen LogP contribution in [0.2, 0.25) is 0 Å². The summed E-state index contributed by atoms with van der Waals surface area (Å²) < 4.78 is 0.952. The lowest BCUT2D eigenvalue weighted by atomic mass is 10.1. The molecule has 2 N–H and O–H groups in total. The zero-order valence-electron chi connectivity index (χ0n) is 20.5. The molecule has 2 fully saturated rings. The Kier molecular flexibility index (Phi) is 6.50. The van der Waals surface area contributed by atoms with Crippen molar-refractivity contribution in [3.63, 3.8) is 0 Å². The summed E-state index contributed by atoms with van der Waals surface area (Å²) in [5, 5.41) is 3.73. The van der Waals surface area contributed by atoms with E-state index in [0.29, 0.717) is 6.04 Å². The van der Waals surface area contributed by atoms with Crippen molar-refractivity contribution in [2.24, 2.45) is 0 Å². The number of nitrogens with one attached hydrogen (secondary N) is 2. The molecule has 9 heteroatoms. The minimum absolute atomic E-state index is 0.446. The Hall–Kier alpha value is -3.17. The lowest BCUT2D eigenvalue weighted by Gasteiger charge is -2.37. The third-order valence-electron chi connectivity index (χ3n) is 7.35. The SMILES string of the molecule is CN1CCC(Nc2c(Br)cnc3[nH]c(-c4ccc(N5CCN(c6ccncc6)CC5)cc4)nc23)CC1. The zero-order valence-corrected chi connectivity index (χ0v) is 22.1. The van der Waals surface area contributed by atoms with Crippen LogP contribution >= 0.6 is 15.9 Å². The highest BCUT2D eigenvalue weighted by atomic mass is 79.9. The van der Waals surface area contributed by atoms with E-state index >= 15 is 0 Å². The number of H-pyrrole nitrogens is 1. The Balaban J connectivity index is 1.17. The molecule has 0 amide bonds. The molecular formula is C27H31BrN8. The van der Waals surface area contributed by atoms with Gasteiger partial charge in [0.15, 0.2) is 5.65 Å². The Labute approximate surface area is 219 Å². The molecule has 0 atom stereocenters. The summed E-state index contributed by atoms with van der Waals surface area (Å²) in [6.45, 7) is 6.22. The number of pyridine rings is 2. The van der Waals surface area contributed by atoms with Crippen LogP contribution in [0.5, 0.6) is 0 Å². The number of imidazole rings is 1. The maximum absolute atomic E-state index is 4.96. The van der Waals surface area contributed by atoms with E-state index in [0.717, 1.165) is 84.8 Å². The standard InChI is InChI=1S/C27H31BrN8/c1-34-12-8-20(9-13-34)31-24-23(28)18-30-27-25(24)32-26(33-27)19-2-4-21(5-3-19)35-14-16-36(17-15-35)22-6-10-29-11-7-22/h2-7,10-11,18,20H,8-9,12-17H2,1H3,(H2,30,31,32,33). The van der Waals surface area contributed by atoms with Gasteiger partial charge in [-0.15, -0.1) is 0 Å². The fraction of sp³-hybridized carbons (Fsp3) is 0.370. The number of likely N-dealkylation sites (tertiary alicyclic amines) is 1. The molecule has 2 aliphatic heterocycles. The second-order valence-electron chi connectivity index (χ2n) is 9.71. The molecule has 8 nitrogen and oxygen atoms in total. The highest BCUT2D eigenvalue weighted by Crippen LogP contribution is 2.33. The van der Waals surface area contributed by atoms with Gasteiger partial charge in [-0.3, -0.25) is 4.98 Å². The summed E-state index contributed by atoms with van der Waals surface area (Å²) >= 11 is 3.69. The number of rotatable bonds is 5. The first kappa shape index (κ1) is 23.2. The van der Waals surface area contributed by atoms with E-state index in [4.69, 9.17) is 4.98 Å². The van der Waals surface area contributed by atoms with E-state index in [2.05, 4.69) is 94.3 Å². The number of hydrogen-bond acceptors (Lipinski definition) is 7. The zero-order chi connectivity index (χ0) is 24.5. The quantitative estimate of drug-likeness (QED) is 0.378. The summed E-state index contributed by atoms with van der Waals surface area (Å²) in [6, 6.07) is 13.3. The van der Waals surface area contributed by atoms with Crippen LogP contribution in [0.3, 0.4) is 0 Å². The molecule has 5 heterocycles. The lowest BCUT2D eigenvalue weighted by Crippen LogP contribution is -2.46. The second-order valence-corrected chi connectivity index (χ2v) is 10.6. The summed E-state index contributed by atoms with van der Waals surface area (Å²) in [6.07, 6.45) is 7.84. The first-order valence-electron chi connectivity index (χ1n) is 12.6. The van der Waals surface area contributed by atoms with Gasteiger partial charge in [0.2, 0.25) is 0 Å². The topological polar surface area (TPSA) is 76.2 Å². The van der Waals surface area contributed by atoms with Crippen molar-refractivity contribution < 1.29 is 0 Å². The molecule has 0 radical (unpaired) electrons. The van der Waals surface area contributed by atoms with Gasteiger partial charge in [-0.25, -0.2) is 9.97 Å². The van der Waals surface area contributed by atoms with Crippen LogP contribution in [0.1, 0.15) is 12.8 Å². The molecule has 2 saturated heterocycles. The number of benzene rings is 1. The van der Waals surface area contributed by atoms with Crippen molar-refractivity contribution in [2.75, 3.05) is 61.4 Å². The molecule has 0 saturated carbocycles. The van der Waals surface area contributed by atoms with Crippen molar-refractivity contribution in [1.82, 2.24) is 24.8 Å². The number of aromatic nitrogens is 4. The van der Waals surface area contributed by atoms with Gasteiger partial charge in [-0.1, -0.05) is 0 Å². The normalized spacial score (nSPS) is 17.6. The molecule has 0 bridgehead atoms. The Morgan fingerprint density at radius 3 is 2.19 bits per heavy atom. The van der Waals surface area contributed by atoms with Gasteiger partial charge >= 0.3 is 0 Å². The molecule has 0 spiro atoms. The fourth-order valence-corrected chi connectivity index (χ4v) is 5.57. The molecule has 4 aromatic rings. The summed E-state index contributed by atoms with van der Waals surface area (Å²) in [5.74, 6) is 0.844. The highest BCUT2D eigenvalue weighted by molar-refractivity contribution is 9.10. The molecule has 6 rings (SSSR count). The summed E-state index contributed by atoms with van der Waals surface area (Å²) in [7, 11) is 2.19. The van der Waals surface area contributed by atoms with E-state index in [1.807, 2.05) is 18.6 Å². The number of halogens is 1. The predicted molar refractivity (Wildman–Crippen MR) is 150 cm³/mol. The van der Waals surface area contributed by atoms with Crippen LogP contribution in [0.4, 0.5) is 17.1 Å². The van der Waals surface area contributed by atoms with Crippen LogP contribution in [0.25, 0.3) is 22.6 Å². The van der Waals surface area contributed by atoms with Crippen molar-refractivity contribution in [1.29, 1.82) is 0 Å². The van der Waals surface area contributed by atoms with E-state index in [9.17, 15) is 0 Å². The number of anilines is 3. The van der Waals surface area contributed by atoms with Crippen LogP contribution in [0, 0.1) is 0 Å². The number of aromatic amines is 1. The highest BCUT2D eigenvalue weighted by Gasteiger charge is 2.21. The minimum atomic E-state index is 0.446. The van der Waals surface area contributed by atoms with Gasteiger partial charge in [-0.2, -0.15) is 0 Å². The predicted octanol–water partition coefficient (Wildman–Crippen LogP) is 4.62. The summed E-state index contributed by atoms with van der Waals surface area (Å²) in [4.78, 5) is 24.4. The van der Waals surface area contributed by atoms with Gasteiger partial charge in [0.05, 0.1) is 10.2 Å². The van der Waals surface area contributed by atoms with Gasteiger partial charge in [0, 0.05) is 67.7 Å². The first-order chi connectivity index (χ1) is 17.6. The van der Waals surface area contributed by atoms with E-state index < -0.39 is 0 Å². The monoisotopic (exact) mass is 546 g/mol. The lowest BCUT2D eigenvalue weighted by molar-refractivity contribution is 0.264. The second kappa shape index (κ2) is 10.1. The van der Waals surface area contributed by atoms with E-state index in [-0.39, 0.29) is 0 Å². The molecule has 0 aliphatic carbocycles. The van der Waals surface area contributed by atoms with Crippen molar-refractivity contribution in [3.8, 4) is 11.4 Å². The Morgan fingerprint density at radius 1 is 0.889 bits per heavy atom. The Morgan fingerprint density at radius 2 is 1.53 bits per heavy atom. The van der Waals surface area contributed by atoms with Gasteiger partial charge in [0.25, 0.3) is 0 Å². The third kappa shape index (κ3) is 4.77. The van der Waals surface area contributed by atoms with Crippen molar-refractivity contribution in [2.45, 2.75) is 18.9 Å². The van der Waals surface area contributed by atoms with E-state index in [1.165, 1.54) is 11.4 Å². The molecule has 186 valence electrons. The molecule has 36 heavy (non-hydrogen) atoms. The van der Waals surface area contributed by atoms with Crippen molar-refractivity contribution in [3.05, 3.63) is 59.5 Å².